The van der Waals surface area contributed by atoms with E-state index in [4.69, 9.17) is 5.73 Å². The van der Waals surface area contributed by atoms with Gasteiger partial charge in [-0.3, -0.25) is 0 Å². The highest BCUT2D eigenvalue weighted by atomic mass is 14.9. The second-order valence-corrected chi connectivity index (χ2v) is 6.33. The van der Waals surface area contributed by atoms with Gasteiger partial charge < -0.3 is 11.1 Å². The van der Waals surface area contributed by atoms with E-state index in [1.165, 1.54) is 57.9 Å². The predicted molar refractivity (Wildman–Crippen MR) is 76.1 cm³/mol. The zero-order valence-corrected chi connectivity index (χ0v) is 11.9. The first kappa shape index (κ1) is 15.0. The Morgan fingerprint density at radius 2 is 1.82 bits per heavy atom. The third-order valence-electron chi connectivity index (χ3n) is 4.23. The Kier molecular flexibility index (Phi) is 7.14. The highest BCUT2D eigenvalue weighted by Gasteiger charge is 2.34. The van der Waals surface area contributed by atoms with E-state index in [1.54, 1.807) is 0 Å². The third kappa shape index (κ3) is 5.87. The number of hydrogen-bond donors (Lipinski definition) is 2. The molecule has 102 valence electrons. The van der Waals surface area contributed by atoms with Crippen LogP contribution in [0.5, 0.6) is 0 Å². The van der Waals surface area contributed by atoms with E-state index in [2.05, 4.69) is 19.2 Å². The topological polar surface area (TPSA) is 38.0 Å². The summed E-state index contributed by atoms with van der Waals surface area (Å²) in [6.45, 7) is 7.83. The molecule has 2 nitrogen and oxygen atoms in total. The molecule has 0 aliphatic heterocycles. The monoisotopic (exact) mass is 240 g/mol. The first-order valence-electron chi connectivity index (χ1n) is 7.59. The lowest BCUT2D eigenvalue weighted by atomic mass is 9.69. The van der Waals surface area contributed by atoms with Crippen molar-refractivity contribution in [2.45, 2.75) is 65.2 Å². The molecule has 17 heavy (non-hydrogen) atoms. The van der Waals surface area contributed by atoms with Crippen LogP contribution in [0.1, 0.15) is 65.2 Å². The molecule has 0 aromatic rings. The van der Waals surface area contributed by atoms with Gasteiger partial charge in [-0.1, -0.05) is 46.0 Å². The number of nitrogens with two attached hydrogens (primary N) is 1. The van der Waals surface area contributed by atoms with E-state index >= 15 is 0 Å². The van der Waals surface area contributed by atoms with Crippen molar-refractivity contribution in [2.24, 2.45) is 17.1 Å². The van der Waals surface area contributed by atoms with E-state index < -0.39 is 0 Å². The standard InChI is InChI=1S/C15H32N2/c1-14(2)8-5-3-4-6-11-17-13-15(12-16)9-7-10-15/h14,17H,3-13,16H2,1-2H3. The number of unbranched alkanes of at least 4 members (excludes halogenated alkanes) is 3. The molecule has 0 unspecified atom stereocenters. The molecular formula is C15H32N2. The maximum Gasteiger partial charge on any atom is 0.00199 e. The normalized spacial score (nSPS) is 18.4. The van der Waals surface area contributed by atoms with Crippen LogP contribution in [-0.2, 0) is 0 Å². The quantitative estimate of drug-likeness (QED) is 0.575. The highest BCUT2D eigenvalue weighted by Crippen LogP contribution is 2.38. The Morgan fingerprint density at radius 1 is 1.12 bits per heavy atom. The first-order valence-corrected chi connectivity index (χ1v) is 7.59. The molecule has 1 aliphatic carbocycles. The molecule has 0 amide bonds. The van der Waals surface area contributed by atoms with Gasteiger partial charge in [-0.05, 0) is 43.7 Å². The van der Waals surface area contributed by atoms with Gasteiger partial charge in [0.1, 0.15) is 0 Å². The van der Waals surface area contributed by atoms with Crippen molar-refractivity contribution in [2.75, 3.05) is 19.6 Å². The summed E-state index contributed by atoms with van der Waals surface area (Å²) >= 11 is 0. The molecule has 1 aliphatic rings. The minimum Gasteiger partial charge on any atom is -0.330 e. The molecule has 0 aromatic heterocycles. The molecule has 0 heterocycles. The minimum absolute atomic E-state index is 0.470. The van der Waals surface area contributed by atoms with Gasteiger partial charge in [0.15, 0.2) is 0 Å². The molecular weight excluding hydrogens is 208 g/mol. The summed E-state index contributed by atoms with van der Waals surface area (Å²) in [5.41, 5.74) is 6.31. The Bertz CT molecular complexity index is 180. The molecule has 0 spiro atoms. The number of rotatable bonds is 10. The first-order chi connectivity index (χ1) is 8.18. The number of nitrogens with one attached hydrogen (secondary N) is 1. The van der Waals surface area contributed by atoms with Crippen LogP contribution >= 0.6 is 0 Å². The van der Waals surface area contributed by atoms with Gasteiger partial charge in [0.25, 0.3) is 0 Å². The van der Waals surface area contributed by atoms with Gasteiger partial charge in [0.2, 0.25) is 0 Å². The molecule has 0 radical (unpaired) electrons. The van der Waals surface area contributed by atoms with Crippen molar-refractivity contribution < 1.29 is 0 Å². The van der Waals surface area contributed by atoms with E-state index in [0.29, 0.717) is 5.41 Å². The molecule has 0 saturated heterocycles. The van der Waals surface area contributed by atoms with Gasteiger partial charge in [0.05, 0.1) is 0 Å². The highest BCUT2D eigenvalue weighted by molar-refractivity contribution is 4.90. The second kappa shape index (κ2) is 8.10. The smallest absolute Gasteiger partial charge is 0.00199 e. The fraction of sp³-hybridized carbons (Fsp3) is 1.00. The van der Waals surface area contributed by atoms with E-state index in [1.807, 2.05) is 0 Å². The van der Waals surface area contributed by atoms with Crippen molar-refractivity contribution in [1.29, 1.82) is 0 Å². The molecule has 0 bridgehead atoms. The number of hydrogen-bond acceptors (Lipinski definition) is 2. The Balaban J connectivity index is 1.84. The summed E-state index contributed by atoms with van der Waals surface area (Å²) in [6.07, 6.45) is 11.0. The summed E-state index contributed by atoms with van der Waals surface area (Å²) in [4.78, 5) is 0. The van der Waals surface area contributed by atoms with Gasteiger partial charge in [0, 0.05) is 6.54 Å². The van der Waals surface area contributed by atoms with Crippen molar-refractivity contribution >= 4 is 0 Å². The fourth-order valence-electron chi connectivity index (χ4n) is 2.64. The largest absolute Gasteiger partial charge is 0.330 e. The van der Waals surface area contributed by atoms with Crippen LogP contribution in [0.2, 0.25) is 0 Å². The van der Waals surface area contributed by atoms with Crippen LogP contribution in [-0.4, -0.2) is 19.6 Å². The Hall–Kier alpha value is -0.0800. The molecule has 3 N–H and O–H groups in total. The van der Waals surface area contributed by atoms with Gasteiger partial charge >= 0.3 is 0 Å². The molecule has 1 saturated carbocycles. The summed E-state index contributed by atoms with van der Waals surface area (Å²) < 4.78 is 0. The van der Waals surface area contributed by atoms with E-state index in [0.717, 1.165) is 19.0 Å². The van der Waals surface area contributed by atoms with E-state index in [9.17, 15) is 0 Å². The zero-order valence-electron chi connectivity index (χ0n) is 11.9. The van der Waals surface area contributed by atoms with Crippen molar-refractivity contribution in [3.8, 4) is 0 Å². The third-order valence-corrected chi connectivity index (χ3v) is 4.23. The van der Waals surface area contributed by atoms with Crippen molar-refractivity contribution in [3.63, 3.8) is 0 Å². The maximum absolute atomic E-state index is 5.84. The lowest BCUT2D eigenvalue weighted by molar-refractivity contribution is 0.141. The lowest BCUT2D eigenvalue weighted by Gasteiger charge is -2.41. The average Bonchev–Trinajstić information content (AvgIpc) is 2.24. The van der Waals surface area contributed by atoms with Crippen LogP contribution in [0.4, 0.5) is 0 Å². The molecule has 2 heteroatoms. The van der Waals surface area contributed by atoms with Crippen LogP contribution in [0.25, 0.3) is 0 Å². The summed E-state index contributed by atoms with van der Waals surface area (Å²) in [5.74, 6) is 0.871. The summed E-state index contributed by atoms with van der Waals surface area (Å²) in [6, 6.07) is 0. The zero-order chi connectivity index (χ0) is 12.6. The van der Waals surface area contributed by atoms with Gasteiger partial charge in [-0.25, -0.2) is 0 Å². The van der Waals surface area contributed by atoms with Crippen molar-refractivity contribution in [1.82, 2.24) is 5.32 Å². The van der Waals surface area contributed by atoms with Crippen LogP contribution in [0.3, 0.4) is 0 Å². The Morgan fingerprint density at radius 3 is 2.35 bits per heavy atom. The summed E-state index contributed by atoms with van der Waals surface area (Å²) in [5, 5.41) is 3.60. The van der Waals surface area contributed by atoms with Gasteiger partial charge in [-0.2, -0.15) is 0 Å². The van der Waals surface area contributed by atoms with Crippen LogP contribution in [0.15, 0.2) is 0 Å². The maximum atomic E-state index is 5.84. The predicted octanol–water partition coefficient (Wildman–Crippen LogP) is 3.31. The molecule has 1 fully saturated rings. The Labute approximate surface area is 108 Å². The fourth-order valence-corrected chi connectivity index (χ4v) is 2.64. The minimum atomic E-state index is 0.470. The van der Waals surface area contributed by atoms with Crippen LogP contribution < -0.4 is 11.1 Å². The molecule has 0 aromatic carbocycles. The summed E-state index contributed by atoms with van der Waals surface area (Å²) in [7, 11) is 0. The van der Waals surface area contributed by atoms with Crippen molar-refractivity contribution in [3.05, 3.63) is 0 Å². The van der Waals surface area contributed by atoms with E-state index in [-0.39, 0.29) is 0 Å². The molecule has 1 rings (SSSR count). The lowest BCUT2D eigenvalue weighted by Crippen LogP contribution is -2.45. The average molecular weight is 240 g/mol. The molecule has 0 atom stereocenters. The van der Waals surface area contributed by atoms with Crippen LogP contribution in [0, 0.1) is 11.3 Å². The second-order valence-electron chi connectivity index (χ2n) is 6.33. The SMILES string of the molecule is CC(C)CCCCCCNCC1(CN)CCC1. The van der Waals surface area contributed by atoms with Gasteiger partial charge in [-0.15, -0.1) is 0 Å².